The van der Waals surface area contributed by atoms with E-state index in [0.717, 1.165) is 16.5 Å². The van der Waals surface area contributed by atoms with E-state index in [0.29, 0.717) is 11.5 Å². The molecule has 0 spiro atoms. The number of thiophene rings is 1. The molecule has 0 aliphatic heterocycles. The molecule has 2 aliphatic rings. The van der Waals surface area contributed by atoms with E-state index in [2.05, 4.69) is 53.0 Å². The average molecular weight is 319 g/mol. The molecule has 3 nitrogen and oxygen atoms in total. The van der Waals surface area contributed by atoms with Crippen LogP contribution in [0.1, 0.15) is 46.1 Å². The first-order valence-corrected chi connectivity index (χ1v) is 8.93. The van der Waals surface area contributed by atoms with Crippen molar-refractivity contribution in [2.24, 2.45) is 16.7 Å². The zero-order chi connectivity index (χ0) is 14.8. The SMILES string of the molecule is CC12CCC(C1)C(C)(C)C2n1c(-c2cccs2)n[nH]c1=S. The minimum Gasteiger partial charge on any atom is -0.295 e. The molecule has 0 amide bonds. The van der Waals surface area contributed by atoms with Crippen LogP contribution in [0, 0.1) is 21.5 Å². The van der Waals surface area contributed by atoms with Crippen LogP contribution in [0.2, 0.25) is 0 Å². The van der Waals surface area contributed by atoms with Crippen molar-refractivity contribution in [1.82, 2.24) is 14.8 Å². The third kappa shape index (κ3) is 1.77. The van der Waals surface area contributed by atoms with Crippen molar-refractivity contribution in [2.45, 2.75) is 46.1 Å². The van der Waals surface area contributed by atoms with E-state index in [9.17, 15) is 0 Å². The highest BCUT2D eigenvalue weighted by Gasteiger charge is 2.60. The number of nitrogens with one attached hydrogen (secondary N) is 1. The first-order chi connectivity index (χ1) is 9.93. The topological polar surface area (TPSA) is 33.6 Å². The van der Waals surface area contributed by atoms with Crippen LogP contribution in [0.25, 0.3) is 10.7 Å². The molecule has 2 aliphatic carbocycles. The van der Waals surface area contributed by atoms with Crippen LogP contribution < -0.4 is 0 Å². The minimum atomic E-state index is 0.279. The third-order valence-electron chi connectivity index (χ3n) is 5.90. The molecule has 4 rings (SSSR count). The normalized spacial score (nSPS) is 33.7. The van der Waals surface area contributed by atoms with Crippen LogP contribution in [0.4, 0.5) is 0 Å². The van der Waals surface area contributed by atoms with Gasteiger partial charge in [0.1, 0.15) is 0 Å². The van der Waals surface area contributed by atoms with Crippen molar-refractivity contribution < 1.29 is 0 Å². The number of hydrogen-bond acceptors (Lipinski definition) is 3. The molecule has 0 aromatic carbocycles. The second kappa shape index (κ2) is 4.29. The van der Waals surface area contributed by atoms with Crippen LogP contribution in [0.15, 0.2) is 17.5 Å². The highest BCUT2D eigenvalue weighted by atomic mass is 32.1. The van der Waals surface area contributed by atoms with Gasteiger partial charge in [0.25, 0.3) is 0 Å². The summed E-state index contributed by atoms with van der Waals surface area (Å²) < 4.78 is 3.09. The Morgan fingerprint density at radius 3 is 2.86 bits per heavy atom. The summed E-state index contributed by atoms with van der Waals surface area (Å²) >= 11 is 7.33. The molecule has 2 aromatic heterocycles. The Balaban J connectivity index is 1.92. The standard InChI is InChI=1S/C16H21N3S2/c1-15(2)10-6-7-16(3,9-10)13(15)19-12(17-18-14(19)20)11-5-4-8-21-11/h4-5,8,10,13H,6-7,9H2,1-3H3,(H,18,20). The summed E-state index contributed by atoms with van der Waals surface area (Å²) in [5.74, 6) is 1.82. The maximum Gasteiger partial charge on any atom is 0.195 e. The predicted molar refractivity (Wildman–Crippen MR) is 89.0 cm³/mol. The fourth-order valence-electron chi connectivity index (χ4n) is 5.04. The fraction of sp³-hybridized carbons (Fsp3) is 0.625. The molecule has 2 fully saturated rings. The van der Waals surface area contributed by atoms with E-state index in [4.69, 9.17) is 12.2 Å². The van der Waals surface area contributed by atoms with E-state index >= 15 is 0 Å². The fourth-order valence-corrected chi connectivity index (χ4v) is 5.99. The van der Waals surface area contributed by atoms with Crippen LogP contribution in [-0.4, -0.2) is 14.8 Å². The van der Waals surface area contributed by atoms with Crippen LogP contribution >= 0.6 is 23.6 Å². The summed E-state index contributed by atoms with van der Waals surface area (Å²) in [5, 5.41) is 9.68. The van der Waals surface area contributed by atoms with Gasteiger partial charge in [-0.05, 0) is 59.7 Å². The van der Waals surface area contributed by atoms with Crippen molar-refractivity contribution in [2.75, 3.05) is 0 Å². The van der Waals surface area contributed by atoms with Crippen molar-refractivity contribution in [3.05, 3.63) is 22.3 Å². The average Bonchev–Trinajstić information content (AvgIpc) is 3.13. The summed E-state index contributed by atoms with van der Waals surface area (Å²) in [5.41, 5.74) is 0.628. The lowest BCUT2D eigenvalue weighted by Gasteiger charge is -2.43. The van der Waals surface area contributed by atoms with Gasteiger partial charge in [-0.15, -0.1) is 11.3 Å². The van der Waals surface area contributed by atoms with Gasteiger partial charge in [-0.1, -0.05) is 26.8 Å². The molecule has 21 heavy (non-hydrogen) atoms. The van der Waals surface area contributed by atoms with E-state index in [-0.39, 0.29) is 5.41 Å². The molecular weight excluding hydrogens is 298 g/mol. The minimum absolute atomic E-state index is 0.279. The lowest BCUT2D eigenvalue weighted by molar-refractivity contribution is 0.0834. The Kier molecular flexibility index (Phi) is 2.80. The summed E-state index contributed by atoms with van der Waals surface area (Å²) in [6, 6.07) is 4.65. The van der Waals surface area contributed by atoms with Gasteiger partial charge in [0.2, 0.25) is 0 Å². The summed E-state index contributed by atoms with van der Waals surface area (Å²) in [4.78, 5) is 1.20. The number of nitrogens with zero attached hydrogens (tertiary/aromatic N) is 2. The lowest BCUT2D eigenvalue weighted by Crippen LogP contribution is -2.37. The maximum atomic E-state index is 5.60. The summed E-state index contributed by atoms with van der Waals surface area (Å²) in [6.07, 6.45) is 3.99. The van der Waals surface area contributed by atoms with Crippen LogP contribution in [-0.2, 0) is 0 Å². The molecule has 2 bridgehead atoms. The molecule has 0 saturated heterocycles. The van der Waals surface area contributed by atoms with Crippen molar-refractivity contribution >= 4 is 23.6 Å². The number of aromatic amines is 1. The largest absolute Gasteiger partial charge is 0.295 e. The molecule has 2 saturated carbocycles. The monoisotopic (exact) mass is 319 g/mol. The van der Waals surface area contributed by atoms with Gasteiger partial charge in [-0.25, -0.2) is 0 Å². The number of aromatic nitrogens is 3. The zero-order valence-electron chi connectivity index (χ0n) is 12.7. The van der Waals surface area contributed by atoms with Crippen LogP contribution in [0.5, 0.6) is 0 Å². The van der Waals surface area contributed by atoms with Gasteiger partial charge in [0.05, 0.1) is 4.88 Å². The Labute approximate surface area is 134 Å². The predicted octanol–water partition coefficient (Wildman–Crippen LogP) is 5.06. The van der Waals surface area contributed by atoms with Gasteiger partial charge < -0.3 is 0 Å². The molecule has 2 aromatic rings. The van der Waals surface area contributed by atoms with Gasteiger partial charge in [0, 0.05) is 6.04 Å². The second-order valence-corrected chi connectivity index (χ2v) is 8.85. The van der Waals surface area contributed by atoms with Crippen molar-refractivity contribution in [3.63, 3.8) is 0 Å². The van der Waals surface area contributed by atoms with Gasteiger partial charge in [-0.2, -0.15) is 5.10 Å². The van der Waals surface area contributed by atoms with Crippen LogP contribution in [0.3, 0.4) is 0 Å². The first-order valence-electron chi connectivity index (χ1n) is 7.64. The lowest BCUT2D eigenvalue weighted by atomic mass is 9.68. The number of fused-ring (bicyclic) bond motifs is 2. The number of hydrogen-bond donors (Lipinski definition) is 1. The van der Waals surface area contributed by atoms with Gasteiger partial charge in [-0.3, -0.25) is 9.67 Å². The van der Waals surface area contributed by atoms with Crippen molar-refractivity contribution in [3.8, 4) is 10.7 Å². The summed E-state index contributed by atoms with van der Waals surface area (Å²) in [7, 11) is 0. The maximum absolute atomic E-state index is 5.60. The van der Waals surface area contributed by atoms with Gasteiger partial charge >= 0.3 is 0 Å². The molecule has 3 atom stereocenters. The smallest absolute Gasteiger partial charge is 0.195 e. The Morgan fingerprint density at radius 1 is 1.43 bits per heavy atom. The highest BCUT2D eigenvalue weighted by molar-refractivity contribution is 7.71. The Hall–Kier alpha value is -0.940. The molecular formula is C16H21N3S2. The Morgan fingerprint density at radius 2 is 2.24 bits per heavy atom. The van der Waals surface area contributed by atoms with E-state index < -0.39 is 0 Å². The van der Waals surface area contributed by atoms with Gasteiger partial charge in [0.15, 0.2) is 10.6 Å². The van der Waals surface area contributed by atoms with E-state index in [1.54, 1.807) is 11.3 Å². The molecule has 112 valence electrons. The molecule has 5 heteroatoms. The Bertz CT molecular complexity index is 720. The molecule has 3 unspecified atom stereocenters. The molecule has 1 N–H and O–H groups in total. The quantitative estimate of drug-likeness (QED) is 0.785. The second-order valence-electron chi connectivity index (χ2n) is 7.52. The zero-order valence-corrected chi connectivity index (χ0v) is 14.4. The third-order valence-corrected chi connectivity index (χ3v) is 7.05. The first kappa shape index (κ1) is 13.7. The summed E-state index contributed by atoms with van der Waals surface area (Å²) in [6.45, 7) is 7.28. The molecule has 0 radical (unpaired) electrons. The number of rotatable bonds is 2. The van der Waals surface area contributed by atoms with Crippen molar-refractivity contribution in [1.29, 1.82) is 0 Å². The highest BCUT2D eigenvalue weighted by Crippen LogP contribution is 2.68. The number of H-pyrrole nitrogens is 1. The molecule has 2 heterocycles. The van der Waals surface area contributed by atoms with E-state index in [1.165, 1.54) is 24.1 Å². The van der Waals surface area contributed by atoms with E-state index in [1.807, 2.05) is 0 Å².